The molecule has 2 aliphatic rings. The third-order valence-corrected chi connectivity index (χ3v) is 4.68. The number of anilines is 1. The minimum absolute atomic E-state index is 0.0794. The number of nitriles is 1. The predicted molar refractivity (Wildman–Crippen MR) is 81.9 cm³/mol. The van der Waals surface area contributed by atoms with Crippen LogP contribution in [0.5, 0.6) is 0 Å². The van der Waals surface area contributed by atoms with E-state index in [1.165, 1.54) is 6.07 Å². The summed E-state index contributed by atoms with van der Waals surface area (Å²) in [6.45, 7) is 3.16. The highest BCUT2D eigenvalue weighted by molar-refractivity contribution is 5.79. The van der Waals surface area contributed by atoms with E-state index in [-0.39, 0.29) is 17.6 Å². The highest BCUT2D eigenvalue weighted by Crippen LogP contribution is 2.28. The molecule has 0 saturated carbocycles. The zero-order valence-corrected chi connectivity index (χ0v) is 12.6. The van der Waals surface area contributed by atoms with Crippen LogP contribution in [0.15, 0.2) is 18.2 Å². The Hall–Kier alpha value is -2.09. The SMILES string of the molecule is N#Cc1ccc(N2CCC(C(=O)N3CCCC3)CC2)c(F)c1. The number of piperidine rings is 1. The average molecular weight is 301 g/mol. The van der Waals surface area contributed by atoms with Gasteiger partial charge in [0.1, 0.15) is 5.82 Å². The van der Waals surface area contributed by atoms with Gasteiger partial charge < -0.3 is 9.80 Å². The van der Waals surface area contributed by atoms with Gasteiger partial charge in [0.15, 0.2) is 0 Å². The van der Waals surface area contributed by atoms with Gasteiger partial charge in [-0.25, -0.2) is 4.39 Å². The fourth-order valence-electron chi connectivity index (χ4n) is 3.40. The summed E-state index contributed by atoms with van der Waals surface area (Å²) in [5, 5.41) is 8.79. The summed E-state index contributed by atoms with van der Waals surface area (Å²) in [4.78, 5) is 16.3. The number of likely N-dealkylation sites (tertiary alicyclic amines) is 1. The first-order chi connectivity index (χ1) is 10.7. The third kappa shape index (κ3) is 2.92. The first-order valence-corrected chi connectivity index (χ1v) is 7.92. The molecule has 0 aliphatic carbocycles. The molecule has 2 heterocycles. The minimum atomic E-state index is -0.358. The normalized spacial score (nSPS) is 19.3. The molecule has 0 N–H and O–H groups in total. The molecule has 3 rings (SSSR count). The molecule has 1 aromatic carbocycles. The molecule has 1 aromatic rings. The Bertz CT molecular complexity index is 596. The van der Waals surface area contributed by atoms with E-state index in [9.17, 15) is 9.18 Å². The molecule has 0 radical (unpaired) electrons. The lowest BCUT2D eigenvalue weighted by atomic mass is 9.95. The van der Waals surface area contributed by atoms with Crippen molar-refractivity contribution in [1.82, 2.24) is 4.90 Å². The maximum atomic E-state index is 14.1. The number of hydrogen-bond donors (Lipinski definition) is 0. The highest BCUT2D eigenvalue weighted by atomic mass is 19.1. The first kappa shape index (κ1) is 14.8. The van der Waals surface area contributed by atoms with Crippen molar-refractivity contribution in [3.05, 3.63) is 29.6 Å². The van der Waals surface area contributed by atoms with Crippen LogP contribution in [0.4, 0.5) is 10.1 Å². The van der Waals surface area contributed by atoms with E-state index in [0.29, 0.717) is 24.3 Å². The van der Waals surface area contributed by atoms with Crippen molar-refractivity contribution in [2.24, 2.45) is 5.92 Å². The molecule has 0 spiro atoms. The summed E-state index contributed by atoms with van der Waals surface area (Å²) >= 11 is 0. The molecule has 0 aromatic heterocycles. The second-order valence-electron chi connectivity index (χ2n) is 6.07. The smallest absolute Gasteiger partial charge is 0.225 e. The molecular formula is C17H20FN3O. The van der Waals surface area contributed by atoms with E-state index in [1.807, 2.05) is 15.9 Å². The van der Waals surface area contributed by atoms with E-state index in [4.69, 9.17) is 5.26 Å². The largest absolute Gasteiger partial charge is 0.369 e. The molecule has 2 fully saturated rings. The van der Waals surface area contributed by atoms with Crippen LogP contribution < -0.4 is 4.90 Å². The van der Waals surface area contributed by atoms with Crippen LogP contribution >= 0.6 is 0 Å². The summed E-state index contributed by atoms with van der Waals surface area (Å²) in [7, 11) is 0. The second kappa shape index (κ2) is 6.35. The van der Waals surface area contributed by atoms with E-state index < -0.39 is 0 Å². The first-order valence-electron chi connectivity index (χ1n) is 7.92. The van der Waals surface area contributed by atoms with Crippen molar-refractivity contribution in [2.75, 3.05) is 31.1 Å². The number of halogens is 1. The van der Waals surface area contributed by atoms with Gasteiger partial charge in [-0.1, -0.05) is 0 Å². The zero-order valence-electron chi connectivity index (χ0n) is 12.6. The Labute approximate surface area is 130 Å². The molecule has 0 unspecified atom stereocenters. The Morgan fingerprint density at radius 3 is 2.45 bits per heavy atom. The summed E-state index contributed by atoms with van der Waals surface area (Å²) in [6.07, 6.45) is 3.77. The molecule has 22 heavy (non-hydrogen) atoms. The molecule has 2 saturated heterocycles. The van der Waals surface area contributed by atoms with Crippen molar-refractivity contribution < 1.29 is 9.18 Å². The Kier molecular flexibility index (Phi) is 4.28. The van der Waals surface area contributed by atoms with Gasteiger partial charge in [0.2, 0.25) is 5.91 Å². The van der Waals surface area contributed by atoms with Crippen molar-refractivity contribution in [1.29, 1.82) is 5.26 Å². The van der Waals surface area contributed by atoms with Crippen LogP contribution in [0.1, 0.15) is 31.2 Å². The van der Waals surface area contributed by atoms with Crippen LogP contribution in [-0.2, 0) is 4.79 Å². The number of hydrogen-bond acceptors (Lipinski definition) is 3. The van der Waals surface area contributed by atoms with E-state index >= 15 is 0 Å². The summed E-state index contributed by atoms with van der Waals surface area (Å²) in [6, 6.07) is 6.52. The average Bonchev–Trinajstić information content (AvgIpc) is 3.08. The van der Waals surface area contributed by atoms with Crippen LogP contribution in [0.2, 0.25) is 0 Å². The lowest BCUT2D eigenvalue weighted by Gasteiger charge is -2.34. The number of nitrogens with zero attached hydrogens (tertiary/aromatic N) is 3. The number of rotatable bonds is 2. The van der Waals surface area contributed by atoms with Gasteiger partial charge in [0.05, 0.1) is 17.3 Å². The second-order valence-corrected chi connectivity index (χ2v) is 6.07. The minimum Gasteiger partial charge on any atom is -0.369 e. The van der Waals surface area contributed by atoms with E-state index in [1.54, 1.807) is 12.1 Å². The summed E-state index contributed by atoms with van der Waals surface area (Å²) in [5.74, 6) is -0.00314. The fraction of sp³-hybridized carbons (Fsp3) is 0.529. The van der Waals surface area contributed by atoms with E-state index in [2.05, 4.69) is 0 Å². The Balaban J connectivity index is 1.62. The molecule has 1 amide bonds. The maximum Gasteiger partial charge on any atom is 0.225 e. The lowest BCUT2D eigenvalue weighted by Crippen LogP contribution is -2.41. The Morgan fingerprint density at radius 1 is 1.18 bits per heavy atom. The zero-order chi connectivity index (χ0) is 15.5. The van der Waals surface area contributed by atoms with Crippen LogP contribution in [0.3, 0.4) is 0 Å². The Morgan fingerprint density at radius 2 is 1.86 bits per heavy atom. The summed E-state index contributed by atoms with van der Waals surface area (Å²) in [5.41, 5.74) is 0.867. The van der Waals surface area contributed by atoms with Crippen molar-refractivity contribution in [2.45, 2.75) is 25.7 Å². The van der Waals surface area contributed by atoms with Crippen molar-refractivity contribution >= 4 is 11.6 Å². The lowest BCUT2D eigenvalue weighted by molar-refractivity contribution is -0.135. The molecule has 0 bridgehead atoms. The highest BCUT2D eigenvalue weighted by Gasteiger charge is 2.30. The van der Waals surface area contributed by atoms with Gasteiger partial charge >= 0.3 is 0 Å². The van der Waals surface area contributed by atoms with Crippen LogP contribution in [0.25, 0.3) is 0 Å². The quantitative estimate of drug-likeness (QED) is 0.843. The van der Waals surface area contributed by atoms with Crippen molar-refractivity contribution in [3.8, 4) is 6.07 Å². The monoisotopic (exact) mass is 301 g/mol. The van der Waals surface area contributed by atoms with Crippen LogP contribution in [-0.4, -0.2) is 37.0 Å². The van der Waals surface area contributed by atoms with Crippen molar-refractivity contribution in [3.63, 3.8) is 0 Å². The predicted octanol–water partition coefficient (Wildman–Crippen LogP) is 2.54. The van der Waals surface area contributed by atoms with Gasteiger partial charge in [0.25, 0.3) is 0 Å². The fourth-order valence-corrected chi connectivity index (χ4v) is 3.40. The number of amides is 1. The van der Waals surface area contributed by atoms with E-state index in [0.717, 1.165) is 38.8 Å². The molecule has 5 heteroatoms. The third-order valence-electron chi connectivity index (χ3n) is 4.68. The summed E-state index contributed by atoms with van der Waals surface area (Å²) < 4.78 is 14.1. The molecule has 0 atom stereocenters. The van der Waals surface area contributed by atoms with Gasteiger partial charge in [0, 0.05) is 32.1 Å². The number of benzene rings is 1. The number of carbonyl (C=O) groups excluding carboxylic acids is 1. The van der Waals surface area contributed by atoms with Gasteiger partial charge in [-0.05, 0) is 43.9 Å². The van der Waals surface area contributed by atoms with Gasteiger partial charge in [-0.15, -0.1) is 0 Å². The van der Waals surface area contributed by atoms with Gasteiger partial charge in [-0.3, -0.25) is 4.79 Å². The van der Waals surface area contributed by atoms with Crippen LogP contribution in [0, 0.1) is 23.1 Å². The number of carbonyl (C=O) groups is 1. The molecule has 4 nitrogen and oxygen atoms in total. The molecular weight excluding hydrogens is 281 g/mol. The molecule has 2 aliphatic heterocycles. The topological polar surface area (TPSA) is 47.3 Å². The van der Waals surface area contributed by atoms with Gasteiger partial charge in [-0.2, -0.15) is 5.26 Å². The maximum absolute atomic E-state index is 14.1. The molecule has 116 valence electrons. The standard InChI is InChI=1S/C17H20FN3O/c18-15-11-13(12-19)3-4-16(15)20-9-5-14(6-10-20)17(22)21-7-1-2-8-21/h3-4,11,14H,1-2,5-10H2.